The molecular formula is C18H15N3O3S2. The normalized spacial score (nSPS) is 12.0. The number of aliphatic hydroxyl groups excluding tert-OH is 1. The first-order valence-corrected chi connectivity index (χ1v) is 10.1. The topological polar surface area (TPSA) is 109 Å². The van der Waals surface area contributed by atoms with Crippen LogP contribution in [0.1, 0.15) is 5.56 Å². The molecule has 0 aliphatic rings. The molecule has 0 amide bonds. The first-order valence-electron chi connectivity index (χ1n) is 7.77. The van der Waals surface area contributed by atoms with Gasteiger partial charge in [-0.3, -0.25) is 9.81 Å². The van der Waals surface area contributed by atoms with Crippen LogP contribution < -0.4 is 11.2 Å². The zero-order valence-electron chi connectivity index (χ0n) is 13.5. The maximum Gasteiger partial charge on any atom is 0.212 e. The molecule has 0 radical (unpaired) electrons. The Morgan fingerprint density at radius 1 is 1.08 bits per heavy atom. The van der Waals surface area contributed by atoms with Crippen LogP contribution in [-0.4, -0.2) is 17.9 Å². The molecule has 4 rings (SSSR count). The summed E-state index contributed by atoms with van der Waals surface area (Å²) in [6.07, 6.45) is 0. The van der Waals surface area contributed by atoms with Crippen molar-refractivity contribution in [3.63, 3.8) is 0 Å². The summed E-state index contributed by atoms with van der Waals surface area (Å²) in [5.74, 6) is 0. The largest absolute Gasteiger partial charge is 0.397 e. The number of fused-ring (bicyclic) bond motifs is 3. The Bertz CT molecular complexity index is 1310. The summed E-state index contributed by atoms with van der Waals surface area (Å²) in [6.45, 7) is -0.417. The Morgan fingerprint density at radius 3 is 2.42 bits per heavy atom. The third-order valence-electron chi connectivity index (χ3n) is 4.26. The molecule has 0 aliphatic heterocycles. The number of nitrogens with one attached hydrogen (secondary N) is 1. The zero-order chi connectivity index (χ0) is 18.5. The van der Waals surface area contributed by atoms with Gasteiger partial charge in [0.15, 0.2) is 5.49 Å². The second-order valence-electron chi connectivity index (χ2n) is 5.75. The first-order chi connectivity index (χ1) is 12.5. The molecule has 26 heavy (non-hydrogen) atoms. The van der Waals surface area contributed by atoms with Gasteiger partial charge in [0.1, 0.15) is 9.73 Å². The van der Waals surface area contributed by atoms with Gasteiger partial charge < -0.3 is 10.8 Å². The molecule has 0 spiro atoms. The van der Waals surface area contributed by atoms with Crippen molar-refractivity contribution < 1.29 is 13.5 Å². The SMILES string of the molecule is N=c1c(S(=O)(=O)c2ccccc2)c(N)c(CO)c2sc3ccccc3n12. The number of hydrogen-bond acceptors (Lipinski definition) is 6. The third-order valence-corrected chi connectivity index (χ3v) is 7.29. The van der Waals surface area contributed by atoms with Gasteiger partial charge in [0, 0.05) is 5.56 Å². The van der Waals surface area contributed by atoms with E-state index in [2.05, 4.69) is 0 Å². The third kappa shape index (κ3) is 2.27. The van der Waals surface area contributed by atoms with Gasteiger partial charge in [0.2, 0.25) is 9.84 Å². The Hall–Kier alpha value is -2.68. The molecule has 2 aromatic carbocycles. The second-order valence-corrected chi connectivity index (χ2v) is 8.67. The van der Waals surface area contributed by atoms with E-state index in [0.29, 0.717) is 15.9 Å². The molecular weight excluding hydrogens is 370 g/mol. The highest BCUT2D eigenvalue weighted by atomic mass is 32.2. The lowest BCUT2D eigenvalue weighted by atomic mass is 10.2. The number of benzene rings is 2. The number of rotatable bonds is 3. The van der Waals surface area contributed by atoms with Gasteiger partial charge in [-0.05, 0) is 24.3 Å². The molecule has 0 unspecified atom stereocenters. The lowest BCUT2D eigenvalue weighted by molar-refractivity contribution is 0.283. The van der Waals surface area contributed by atoms with Crippen molar-refractivity contribution in [3.8, 4) is 0 Å². The van der Waals surface area contributed by atoms with E-state index in [0.717, 1.165) is 4.70 Å². The molecule has 2 aromatic heterocycles. The van der Waals surface area contributed by atoms with E-state index in [1.54, 1.807) is 18.2 Å². The minimum Gasteiger partial charge on any atom is -0.397 e. The minimum atomic E-state index is -4.01. The summed E-state index contributed by atoms with van der Waals surface area (Å²) < 4.78 is 28.7. The van der Waals surface area contributed by atoms with Crippen LogP contribution >= 0.6 is 11.3 Å². The smallest absolute Gasteiger partial charge is 0.212 e. The molecule has 0 saturated carbocycles. The number of nitrogens with two attached hydrogens (primary N) is 1. The van der Waals surface area contributed by atoms with Crippen molar-refractivity contribution in [2.75, 3.05) is 5.73 Å². The molecule has 4 N–H and O–H groups in total. The van der Waals surface area contributed by atoms with Gasteiger partial charge in [0.25, 0.3) is 0 Å². The number of hydrogen-bond donors (Lipinski definition) is 3. The number of para-hydroxylation sites is 1. The summed E-state index contributed by atoms with van der Waals surface area (Å²) >= 11 is 1.36. The van der Waals surface area contributed by atoms with E-state index in [9.17, 15) is 13.5 Å². The maximum atomic E-state index is 13.2. The molecule has 0 fully saturated rings. The number of aliphatic hydroxyl groups is 1. The lowest BCUT2D eigenvalue weighted by Crippen LogP contribution is -2.25. The molecule has 0 atom stereocenters. The van der Waals surface area contributed by atoms with Crippen LogP contribution in [0.4, 0.5) is 5.69 Å². The molecule has 0 bridgehead atoms. The molecule has 6 nitrogen and oxygen atoms in total. The van der Waals surface area contributed by atoms with Crippen molar-refractivity contribution in [1.82, 2.24) is 4.40 Å². The van der Waals surface area contributed by atoms with Gasteiger partial charge in [-0.2, -0.15) is 0 Å². The van der Waals surface area contributed by atoms with E-state index < -0.39 is 16.4 Å². The van der Waals surface area contributed by atoms with Gasteiger partial charge in [-0.15, -0.1) is 11.3 Å². The zero-order valence-corrected chi connectivity index (χ0v) is 15.1. The molecule has 4 aromatic rings. The number of aromatic nitrogens is 1. The second kappa shape index (κ2) is 5.94. The van der Waals surface area contributed by atoms with Crippen molar-refractivity contribution in [1.29, 1.82) is 5.41 Å². The summed E-state index contributed by atoms with van der Waals surface area (Å²) in [6, 6.07) is 15.3. The number of pyridine rings is 1. The number of anilines is 1. The summed E-state index contributed by atoms with van der Waals surface area (Å²) in [7, 11) is -4.01. The summed E-state index contributed by atoms with van der Waals surface area (Å²) in [5.41, 5.74) is 6.87. The van der Waals surface area contributed by atoms with Gasteiger partial charge in [0.05, 0.1) is 27.4 Å². The standard InChI is InChI=1S/C18H15N3O3S2/c19-15-12(10-22)18-21(13-8-4-5-9-14(13)25-18)17(20)16(15)26(23,24)11-6-2-1-3-7-11/h1-9,20,22H,10,19H2. The van der Waals surface area contributed by atoms with E-state index in [-0.39, 0.29) is 21.0 Å². The Labute approximate surface area is 153 Å². The minimum absolute atomic E-state index is 0.0589. The van der Waals surface area contributed by atoms with Crippen molar-refractivity contribution in [3.05, 3.63) is 65.6 Å². The van der Waals surface area contributed by atoms with Gasteiger partial charge in [-0.25, -0.2) is 8.42 Å². The van der Waals surface area contributed by atoms with Crippen LogP contribution in [0.25, 0.3) is 15.0 Å². The Kier molecular flexibility index (Phi) is 3.83. The average Bonchev–Trinajstić information content (AvgIpc) is 3.02. The van der Waals surface area contributed by atoms with Crippen molar-refractivity contribution in [2.24, 2.45) is 0 Å². The fraction of sp³-hybridized carbons (Fsp3) is 0.0556. The predicted octanol–water partition coefficient (Wildman–Crippen LogP) is 2.54. The molecule has 0 aliphatic carbocycles. The van der Waals surface area contributed by atoms with Gasteiger partial charge in [-0.1, -0.05) is 30.3 Å². The monoisotopic (exact) mass is 385 g/mol. The molecule has 2 heterocycles. The number of nitrogen functional groups attached to an aromatic ring is 1. The van der Waals surface area contributed by atoms with E-state index in [4.69, 9.17) is 11.1 Å². The van der Waals surface area contributed by atoms with Crippen molar-refractivity contribution in [2.45, 2.75) is 16.4 Å². The first kappa shape index (κ1) is 16.8. The van der Waals surface area contributed by atoms with Crippen LogP contribution in [0.15, 0.2) is 64.4 Å². The van der Waals surface area contributed by atoms with Gasteiger partial charge >= 0.3 is 0 Å². The molecule has 132 valence electrons. The van der Waals surface area contributed by atoms with E-state index in [1.165, 1.54) is 27.9 Å². The summed E-state index contributed by atoms with van der Waals surface area (Å²) in [4.78, 5) is 0.348. The van der Waals surface area contributed by atoms with E-state index >= 15 is 0 Å². The Balaban J connectivity index is 2.21. The van der Waals surface area contributed by atoms with Crippen LogP contribution in [0.2, 0.25) is 0 Å². The van der Waals surface area contributed by atoms with Crippen LogP contribution in [0, 0.1) is 5.41 Å². The Morgan fingerprint density at radius 2 is 1.73 bits per heavy atom. The average molecular weight is 385 g/mol. The fourth-order valence-electron chi connectivity index (χ4n) is 3.03. The number of nitrogens with zero attached hydrogens (tertiary/aromatic N) is 1. The number of thiazole rings is 1. The summed E-state index contributed by atoms with van der Waals surface area (Å²) in [5, 5.41) is 18.4. The molecule has 0 saturated heterocycles. The highest BCUT2D eigenvalue weighted by Gasteiger charge is 2.27. The van der Waals surface area contributed by atoms with Crippen LogP contribution in [0.5, 0.6) is 0 Å². The lowest BCUT2D eigenvalue weighted by Gasteiger charge is -2.13. The maximum absolute atomic E-state index is 13.2. The van der Waals surface area contributed by atoms with Crippen LogP contribution in [0.3, 0.4) is 0 Å². The highest BCUT2D eigenvalue weighted by molar-refractivity contribution is 7.91. The number of sulfone groups is 1. The van der Waals surface area contributed by atoms with E-state index in [1.807, 2.05) is 24.3 Å². The van der Waals surface area contributed by atoms with Crippen LogP contribution in [-0.2, 0) is 16.4 Å². The van der Waals surface area contributed by atoms with Crippen molar-refractivity contribution >= 4 is 41.9 Å². The quantitative estimate of drug-likeness (QED) is 0.503. The highest BCUT2D eigenvalue weighted by Crippen LogP contribution is 2.34. The fourth-order valence-corrected chi connectivity index (χ4v) is 5.74. The predicted molar refractivity (Wildman–Crippen MR) is 101 cm³/mol. The molecule has 8 heteroatoms.